The first-order valence-corrected chi connectivity index (χ1v) is 5.66. The number of carbonyl (C=O) groups excluding carboxylic acids is 1. The fourth-order valence-electron chi connectivity index (χ4n) is 1.44. The molecule has 0 aromatic rings. The lowest BCUT2D eigenvalue weighted by Crippen LogP contribution is -2.44. The van der Waals surface area contributed by atoms with E-state index in [0.29, 0.717) is 18.4 Å². The molecule has 1 aliphatic rings. The highest BCUT2D eigenvalue weighted by Crippen LogP contribution is 2.13. The van der Waals surface area contributed by atoms with Crippen LogP contribution in [-0.2, 0) is 9.53 Å². The quantitative estimate of drug-likeness (QED) is 0.729. The third-order valence-corrected chi connectivity index (χ3v) is 2.85. The summed E-state index contributed by atoms with van der Waals surface area (Å²) >= 11 is 5.76. The second-order valence-corrected chi connectivity index (χ2v) is 4.32. The van der Waals surface area contributed by atoms with Crippen LogP contribution in [0.25, 0.3) is 0 Å². The van der Waals surface area contributed by atoms with Crippen LogP contribution < -0.4 is 5.32 Å². The molecule has 1 heterocycles. The van der Waals surface area contributed by atoms with E-state index in [2.05, 4.69) is 5.32 Å². The van der Waals surface area contributed by atoms with Crippen molar-refractivity contribution in [2.24, 2.45) is 5.92 Å². The smallest absolute Gasteiger partial charge is 0.249 e. The first-order valence-electron chi connectivity index (χ1n) is 5.13. The van der Waals surface area contributed by atoms with Crippen LogP contribution in [0.5, 0.6) is 0 Å². The Morgan fingerprint density at radius 1 is 1.64 bits per heavy atom. The summed E-state index contributed by atoms with van der Waals surface area (Å²) in [5.41, 5.74) is 0. The summed E-state index contributed by atoms with van der Waals surface area (Å²) in [6.07, 6.45) is 1.56. The molecule has 82 valence electrons. The van der Waals surface area contributed by atoms with Gasteiger partial charge in [0.1, 0.15) is 6.10 Å². The van der Waals surface area contributed by atoms with E-state index in [-0.39, 0.29) is 18.1 Å². The van der Waals surface area contributed by atoms with E-state index in [1.165, 1.54) is 0 Å². The number of nitrogens with one attached hydrogen (secondary N) is 1. The number of hydrogen-bond acceptors (Lipinski definition) is 2. The summed E-state index contributed by atoms with van der Waals surface area (Å²) in [6.45, 7) is 4.79. The molecule has 0 saturated carbocycles. The van der Waals surface area contributed by atoms with Crippen molar-refractivity contribution in [3.8, 4) is 0 Å². The van der Waals surface area contributed by atoms with E-state index < -0.39 is 0 Å². The Bertz CT molecular complexity index is 191. The predicted octanol–water partition coefficient (Wildman–Crippen LogP) is 1.54. The van der Waals surface area contributed by atoms with E-state index in [1.807, 2.05) is 13.8 Å². The Balaban J connectivity index is 2.37. The van der Waals surface area contributed by atoms with Crippen LogP contribution >= 0.6 is 11.6 Å². The van der Waals surface area contributed by atoms with Gasteiger partial charge in [-0.2, -0.15) is 0 Å². The summed E-state index contributed by atoms with van der Waals surface area (Å²) < 4.78 is 5.28. The van der Waals surface area contributed by atoms with Gasteiger partial charge in [-0.15, -0.1) is 11.6 Å². The zero-order valence-corrected chi connectivity index (χ0v) is 9.51. The first kappa shape index (κ1) is 11.8. The maximum absolute atomic E-state index is 11.6. The largest absolute Gasteiger partial charge is 0.368 e. The maximum atomic E-state index is 11.6. The van der Waals surface area contributed by atoms with Gasteiger partial charge in [0.05, 0.1) is 0 Å². The molecule has 14 heavy (non-hydrogen) atoms. The molecule has 1 fully saturated rings. The van der Waals surface area contributed by atoms with Crippen molar-refractivity contribution in [2.75, 3.05) is 12.5 Å². The van der Waals surface area contributed by atoms with E-state index in [1.54, 1.807) is 0 Å². The highest BCUT2D eigenvalue weighted by molar-refractivity contribution is 6.18. The molecule has 2 unspecified atom stereocenters. The number of ether oxygens (including phenoxy) is 1. The van der Waals surface area contributed by atoms with Crippen LogP contribution in [0.3, 0.4) is 0 Å². The molecule has 1 rings (SSSR count). The highest BCUT2D eigenvalue weighted by atomic mass is 35.5. The van der Waals surface area contributed by atoms with Crippen LogP contribution in [-0.4, -0.2) is 30.5 Å². The summed E-state index contributed by atoms with van der Waals surface area (Å²) in [6, 6.07) is 0.0494. The molecule has 1 aliphatic heterocycles. The molecule has 4 heteroatoms. The Morgan fingerprint density at radius 3 is 2.79 bits per heavy atom. The van der Waals surface area contributed by atoms with Gasteiger partial charge in [0.25, 0.3) is 0 Å². The molecule has 0 aliphatic carbocycles. The van der Waals surface area contributed by atoms with Crippen molar-refractivity contribution < 1.29 is 9.53 Å². The monoisotopic (exact) mass is 219 g/mol. The minimum Gasteiger partial charge on any atom is -0.368 e. The lowest BCUT2D eigenvalue weighted by Gasteiger charge is -2.21. The zero-order valence-electron chi connectivity index (χ0n) is 8.75. The summed E-state index contributed by atoms with van der Waals surface area (Å²) in [7, 11) is 0. The molecule has 0 bridgehead atoms. The molecule has 0 spiro atoms. The Kier molecular flexibility index (Phi) is 4.69. The lowest BCUT2D eigenvalue weighted by atomic mass is 10.1. The Hall–Kier alpha value is -0.280. The minimum atomic E-state index is -0.250. The molecule has 0 aromatic carbocycles. The molecule has 0 aromatic heterocycles. The number of halogens is 1. The maximum Gasteiger partial charge on any atom is 0.249 e. The average molecular weight is 220 g/mol. The molecule has 3 nitrogen and oxygen atoms in total. The number of amides is 1. The van der Waals surface area contributed by atoms with Crippen molar-refractivity contribution >= 4 is 17.5 Å². The van der Waals surface area contributed by atoms with Crippen LogP contribution in [0.1, 0.15) is 26.7 Å². The van der Waals surface area contributed by atoms with Crippen LogP contribution in [0.15, 0.2) is 0 Å². The highest BCUT2D eigenvalue weighted by Gasteiger charge is 2.26. The van der Waals surface area contributed by atoms with Gasteiger partial charge in [-0.05, 0) is 18.8 Å². The number of carbonyl (C=O) groups is 1. The molecule has 2 atom stereocenters. The van der Waals surface area contributed by atoms with Crippen LogP contribution in [0, 0.1) is 5.92 Å². The molecule has 1 N–H and O–H groups in total. The normalized spacial score (nSPS) is 23.9. The Labute approximate surface area is 90.1 Å². The van der Waals surface area contributed by atoms with Crippen molar-refractivity contribution in [3.05, 3.63) is 0 Å². The number of rotatable bonds is 4. The van der Waals surface area contributed by atoms with Gasteiger partial charge in [-0.25, -0.2) is 0 Å². The van der Waals surface area contributed by atoms with Crippen molar-refractivity contribution in [2.45, 2.75) is 38.8 Å². The molecular weight excluding hydrogens is 202 g/mol. The molecular formula is C10H18ClNO2. The average Bonchev–Trinajstić information content (AvgIpc) is 2.65. The fraction of sp³-hybridized carbons (Fsp3) is 0.900. The van der Waals surface area contributed by atoms with Crippen LogP contribution in [0.4, 0.5) is 0 Å². The first-order chi connectivity index (χ1) is 6.65. The lowest BCUT2D eigenvalue weighted by molar-refractivity contribution is -0.130. The second kappa shape index (κ2) is 5.56. The second-order valence-electron chi connectivity index (χ2n) is 4.02. The topological polar surface area (TPSA) is 38.3 Å². The predicted molar refractivity (Wildman–Crippen MR) is 56.5 cm³/mol. The van der Waals surface area contributed by atoms with Gasteiger partial charge in [-0.3, -0.25) is 4.79 Å². The molecule has 0 radical (unpaired) electrons. The fourth-order valence-corrected chi connectivity index (χ4v) is 1.88. The standard InChI is InChI=1S/C10H18ClNO2/c1-7(2)8(6-11)12-10(13)9-4-3-5-14-9/h7-9H,3-6H2,1-2H3,(H,12,13). The summed E-state index contributed by atoms with van der Waals surface area (Å²) in [5.74, 6) is 0.801. The van der Waals surface area contributed by atoms with E-state index in [9.17, 15) is 4.79 Å². The van der Waals surface area contributed by atoms with E-state index >= 15 is 0 Å². The van der Waals surface area contributed by atoms with Gasteiger partial charge in [-0.1, -0.05) is 13.8 Å². The van der Waals surface area contributed by atoms with Gasteiger partial charge in [0.2, 0.25) is 5.91 Å². The third kappa shape index (κ3) is 3.14. The van der Waals surface area contributed by atoms with Crippen molar-refractivity contribution in [1.82, 2.24) is 5.32 Å². The third-order valence-electron chi connectivity index (χ3n) is 2.52. The molecule has 1 saturated heterocycles. The van der Waals surface area contributed by atoms with Crippen molar-refractivity contribution in [1.29, 1.82) is 0 Å². The summed E-state index contributed by atoms with van der Waals surface area (Å²) in [4.78, 5) is 11.6. The van der Waals surface area contributed by atoms with E-state index in [0.717, 1.165) is 12.8 Å². The van der Waals surface area contributed by atoms with Crippen LogP contribution in [0.2, 0.25) is 0 Å². The number of hydrogen-bond donors (Lipinski definition) is 1. The summed E-state index contributed by atoms with van der Waals surface area (Å²) in [5, 5.41) is 2.91. The van der Waals surface area contributed by atoms with Gasteiger partial charge >= 0.3 is 0 Å². The number of alkyl halides is 1. The van der Waals surface area contributed by atoms with Crippen molar-refractivity contribution in [3.63, 3.8) is 0 Å². The minimum absolute atomic E-state index is 0.0122. The Morgan fingerprint density at radius 2 is 2.36 bits per heavy atom. The van der Waals surface area contributed by atoms with Gasteiger partial charge in [0.15, 0.2) is 0 Å². The molecule has 1 amide bonds. The SMILES string of the molecule is CC(C)C(CCl)NC(=O)C1CCCO1. The van der Waals surface area contributed by atoms with E-state index in [4.69, 9.17) is 16.3 Å². The van der Waals surface area contributed by atoms with Gasteiger partial charge in [0, 0.05) is 18.5 Å². The zero-order chi connectivity index (χ0) is 10.6. The van der Waals surface area contributed by atoms with Gasteiger partial charge < -0.3 is 10.1 Å².